The summed E-state index contributed by atoms with van der Waals surface area (Å²) in [6, 6.07) is 10.6. The molecule has 3 amide bonds. The van der Waals surface area contributed by atoms with Crippen molar-refractivity contribution in [2.24, 2.45) is 5.92 Å². The van der Waals surface area contributed by atoms with Gasteiger partial charge in [-0.3, -0.25) is 19.2 Å². The molecule has 2 aromatic carbocycles. The van der Waals surface area contributed by atoms with Crippen LogP contribution in [-0.4, -0.2) is 48.1 Å². The Kier molecular flexibility index (Phi) is 12.1. The van der Waals surface area contributed by atoms with Gasteiger partial charge in [-0.2, -0.15) is 8.78 Å². The molecule has 0 radical (unpaired) electrons. The van der Waals surface area contributed by atoms with Crippen molar-refractivity contribution in [3.63, 3.8) is 0 Å². The van der Waals surface area contributed by atoms with E-state index >= 15 is 0 Å². The number of rotatable bonds is 13. The summed E-state index contributed by atoms with van der Waals surface area (Å²) in [4.78, 5) is 50.6. The molecule has 210 valence electrons. The maximum absolute atomic E-state index is 14.7. The highest BCUT2D eigenvalue weighted by atomic mass is 35.5. The number of hydrogen-bond donors (Lipinski definition) is 3. The van der Waals surface area contributed by atoms with Crippen LogP contribution in [0.1, 0.15) is 38.3 Å². The fraction of sp³-hybridized carbons (Fsp3) is 0.357. The number of ketones is 1. The molecule has 2 unspecified atom stereocenters. The van der Waals surface area contributed by atoms with E-state index in [0.717, 1.165) is 0 Å². The molecule has 2 aromatic rings. The summed E-state index contributed by atoms with van der Waals surface area (Å²) < 4.78 is 29.3. The number of nitrogens with one attached hydrogen (secondary N) is 3. The van der Waals surface area contributed by atoms with Crippen molar-refractivity contribution in [3.8, 4) is 0 Å². The topological polar surface area (TPSA) is 104 Å². The molecule has 2 atom stereocenters. The van der Waals surface area contributed by atoms with Crippen LogP contribution in [-0.2, 0) is 25.6 Å². The monoisotopic (exact) mass is 581 g/mol. The molecule has 39 heavy (non-hydrogen) atoms. The van der Waals surface area contributed by atoms with E-state index < -0.39 is 47.4 Å². The van der Waals surface area contributed by atoms with Gasteiger partial charge in [0.1, 0.15) is 6.04 Å². The third kappa shape index (κ3) is 9.44. The Morgan fingerprint density at radius 3 is 2.23 bits per heavy atom. The quantitative estimate of drug-likeness (QED) is 0.237. The molecule has 0 aromatic heterocycles. The highest BCUT2D eigenvalue weighted by molar-refractivity contribution is 6.42. The number of carbonyl (C=O) groups excluding carboxylic acids is 4. The van der Waals surface area contributed by atoms with Crippen LogP contribution in [0.5, 0.6) is 0 Å². The SMILES string of the molecule is CCCNC(=O)C(F)(F)C(=O)C(NC(=O)C(Cc1ccccc1)NC(=O)/C=C/c1ccc(Cl)c(Cl)c1)C(C)C. The summed E-state index contributed by atoms with van der Waals surface area (Å²) in [5.41, 5.74) is 1.26. The van der Waals surface area contributed by atoms with Crippen molar-refractivity contribution in [3.05, 3.63) is 75.8 Å². The van der Waals surface area contributed by atoms with Crippen molar-refractivity contribution in [2.45, 2.75) is 51.6 Å². The van der Waals surface area contributed by atoms with Crippen LogP contribution in [0.25, 0.3) is 6.08 Å². The molecule has 0 bridgehead atoms. The van der Waals surface area contributed by atoms with Gasteiger partial charge in [-0.25, -0.2) is 0 Å². The van der Waals surface area contributed by atoms with Gasteiger partial charge >= 0.3 is 5.92 Å². The molecule has 0 spiro atoms. The highest BCUT2D eigenvalue weighted by Gasteiger charge is 2.51. The third-order valence-electron chi connectivity index (χ3n) is 5.66. The van der Waals surface area contributed by atoms with E-state index in [1.165, 1.54) is 26.0 Å². The van der Waals surface area contributed by atoms with Crippen molar-refractivity contribution < 1.29 is 28.0 Å². The highest BCUT2D eigenvalue weighted by Crippen LogP contribution is 2.23. The van der Waals surface area contributed by atoms with Gasteiger partial charge in [-0.15, -0.1) is 0 Å². The number of hydrogen-bond acceptors (Lipinski definition) is 4. The van der Waals surface area contributed by atoms with Crippen molar-refractivity contribution in [1.29, 1.82) is 0 Å². The maximum atomic E-state index is 14.7. The smallest absolute Gasteiger partial charge is 0.350 e. The number of carbonyl (C=O) groups is 4. The van der Waals surface area contributed by atoms with Gasteiger partial charge in [-0.05, 0) is 41.7 Å². The van der Waals surface area contributed by atoms with Gasteiger partial charge in [-0.1, -0.05) is 80.4 Å². The molecular weight excluding hydrogens is 551 g/mol. The fourth-order valence-electron chi connectivity index (χ4n) is 3.51. The van der Waals surface area contributed by atoms with Gasteiger partial charge in [0, 0.05) is 19.0 Å². The predicted octanol–water partition coefficient (Wildman–Crippen LogP) is 4.61. The van der Waals surface area contributed by atoms with Crippen LogP contribution in [0.4, 0.5) is 8.78 Å². The number of halogens is 4. The summed E-state index contributed by atoms with van der Waals surface area (Å²) in [5.74, 6) is -10.1. The third-order valence-corrected chi connectivity index (χ3v) is 6.40. The molecule has 0 fully saturated rings. The second kappa shape index (κ2) is 14.7. The average molecular weight is 582 g/mol. The van der Waals surface area contributed by atoms with Crippen LogP contribution < -0.4 is 16.0 Å². The van der Waals surface area contributed by atoms with E-state index in [9.17, 15) is 28.0 Å². The lowest BCUT2D eigenvalue weighted by Gasteiger charge is -2.27. The summed E-state index contributed by atoms with van der Waals surface area (Å²) in [6.07, 6.45) is 3.07. The first-order valence-electron chi connectivity index (χ1n) is 12.3. The van der Waals surface area contributed by atoms with E-state index in [-0.39, 0.29) is 13.0 Å². The van der Waals surface area contributed by atoms with Crippen LogP contribution in [0.2, 0.25) is 10.0 Å². The first-order chi connectivity index (χ1) is 18.4. The lowest BCUT2D eigenvalue weighted by Crippen LogP contribution is -2.59. The number of alkyl halides is 2. The van der Waals surface area contributed by atoms with Gasteiger partial charge in [0.05, 0.1) is 16.1 Å². The molecule has 0 heterocycles. The Labute approximate surface area is 236 Å². The number of Topliss-reactive ketones (excluding diaryl/α,β-unsaturated/α-hetero) is 1. The summed E-state index contributed by atoms with van der Waals surface area (Å²) in [5, 5.41) is 7.54. The largest absolute Gasteiger partial charge is 0.383 e. The van der Waals surface area contributed by atoms with E-state index in [0.29, 0.717) is 27.6 Å². The Balaban J connectivity index is 2.25. The minimum atomic E-state index is -4.35. The van der Waals surface area contributed by atoms with Gasteiger partial charge in [0.15, 0.2) is 0 Å². The van der Waals surface area contributed by atoms with Crippen molar-refractivity contribution in [1.82, 2.24) is 16.0 Å². The van der Waals surface area contributed by atoms with Crippen molar-refractivity contribution >= 4 is 52.8 Å². The number of amides is 3. The average Bonchev–Trinajstić information content (AvgIpc) is 2.90. The molecule has 3 N–H and O–H groups in total. The van der Waals surface area contributed by atoms with E-state index in [1.807, 2.05) is 5.32 Å². The first-order valence-corrected chi connectivity index (χ1v) is 13.1. The normalized spacial score (nSPS) is 13.1. The van der Waals surface area contributed by atoms with E-state index in [1.54, 1.807) is 55.5 Å². The summed E-state index contributed by atoms with van der Waals surface area (Å²) in [6.45, 7) is 4.58. The predicted molar refractivity (Wildman–Crippen MR) is 148 cm³/mol. The van der Waals surface area contributed by atoms with E-state index in [4.69, 9.17) is 23.2 Å². The maximum Gasteiger partial charge on any atom is 0.383 e. The second-order valence-corrected chi connectivity index (χ2v) is 10.00. The molecule has 7 nitrogen and oxygen atoms in total. The zero-order valence-electron chi connectivity index (χ0n) is 21.8. The van der Waals surface area contributed by atoms with Crippen LogP contribution in [0, 0.1) is 5.92 Å². The Morgan fingerprint density at radius 1 is 0.974 bits per heavy atom. The molecule has 0 aliphatic carbocycles. The standard InChI is InChI=1S/C28H31Cl2F2N3O4/c1-4-14-33-27(39)28(31,32)25(37)24(17(2)3)35-26(38)22(16-18-8-6-5-7-9-18)34-23(36)13-11-19-10-12-20(29)21(30)15-19/h5-13,15,17,22,24H,4,14,16H2,1-3H3,(H,33,39)(H,34,36)(H,35,38)/b13-11+. The van der Waals surface area contributed by atoms with Crippen LogP contribution in [0.3, 0.4) is 0 Å². The lowest BCUT2D eigenvalue weighted by molar-refractivity contribution is -0.161. The first kappa shape index (κ1) is 31.9. The molecular formula is C28H31Cl2F2N3O4. The lowest BCUT2D eigenvalue weighted by atomic mass is 9.94. The molecule has 11 heteroatoms. The zero-order valence-corrected chi connectivity index (χ0v) is 23.3. The van der Waals surface area contributed by atoms with Gasteiger partial charge in [0.2, 0.25) is 17.6 Å². The van der Waals surface area contributed by atoms with E-state index in [2.05, 4.69) is 10.6 Å². The zero-order chi connectivity index (χ0) is 29.2. The molecule has 0 saturated carbocycles. The minimum Gasteiger partial charge on any atom is -0.350 e. The Bertz CT molecular complexity index is 1210. The molecule has 0 aliphatic heterocycles. The van der Waals surface area contributed by atoms with Gasteiger partial charge in [0.25, 0.3) is 5.91 Å². The Hall–Kier alpha value is -3.30. The van der Waals surface area contributed by atoms with Crippen LogP contribution >= 0.6 is 23.2 Å². The minimum absolute atomic E-state index is 0.0193. The fourth-order valence-corrected chi connectivity index (χ4v) is 3.82. The molecule has 0 aliphatic rings. The summed E-state index contributed by atoms with van der Waals surface area (Å²) in [7, 11) is 0. The number of benzene rings is 2. The Morgan fingerprint density at radius 2 is 1.64 bits per heavy atom. The molecule has 2 rings (SSSR count). The van der Waals surface area contributed by atoms with Crippen molar-refractivity contribution in [2.75, 3.05) is 6.54 Å². The summed E-state index contributed by atoms with van der Waals surface area (Å²) >= 11 is 11.9. The second-order valence-electron chi connectivity index (χ2n) is 9.18. The molecule has 0 saturated heterocycles. The van der Waals surface area contributed by atoms with Gasteiger partial charge < -0.3 is 16.0 Å². The van der Waals surface area contributed by atoms with Crippen LogP contribution in [0.15, 0.2) is 54.6 Å².